The first-order valence-electron chi connectivity index (χ1n) is 6.80. The van der Waals surface area contributed by atoms with Gasteiger partial charge in [-0.3, -0.25) is 0 Å². The molecule has 2 nitrogen and oxygen atoms in total. The number of fused-ring (bicyclic) bond motifs is 1. The summed E-state index contributed by atoms with van der Waals surface area (Å²) in [7, 11) is 4.24. The van der Waals surface area contributed by atoms with Crippen molar-refractivity contribution in [1.29, 1.82) is 0 Å². The Morgan fingerprint density at radius 3 is 3.00 bits per heavy atom. The third kappa shape index (κ3) is 2.21. The van der Waals surface area contributed by atoms with Gasteiger partial charge >= 0.3 is 0 Å². The van der Waals surface area contributed by atoms with Gasteiger partial charge in [0.05, 0.1) is 6.04 Å². The molecule has 3 rings (SSSR count). The predicted molar refractivity (Wildman–Crippen MR) is 82.0 cm³/mol. The fourth-order valence-corrected chi connectivity index (χ4v) is 4.05. The van der Waals surface area contributed by atoms with Gasteiger partial charge in [0.1, 0.15) is 0 Å². The average Bonchev–Trinajstić information content (AvgIpc) is 2.53. The van der Waals surface area contributed by atoms with Crippen molar-refractivity contribution in [2.45, 2.75) is 30.7 Å². The Bertz CT molecular complexity index is 560. The molecule has 3 heteroatoms. The SMILES string of the molecule is CNC1C2=C(CCC=C2)N(C)Sc2cc(C)ccc21. The van der Waals surface area contributed by atoms with E-state index in [2.05, 4.69) is 61.0 Å². The maximum Gasteiger partial charge on any atom is 0.0603 e. The first-order valence-corrected chi connectivity index (χ1v) is 7.57. The van der Waals surface area contributed by atoms with E-state index in [1.807, 2.05) is 11.9 Å². The lowest BCUT2D eigenvalue weighted by molar-refractivity contribution is 0.603. The number of rotatable bonds is 1. The minimum atomic E-state index is 0.305. The van der Waals surface area contributed by atoms with Crippen LogP contribution in [0.25, 0.3) is 0 Å². The van der Waals surface area contributed by atoms with Crippen molar-refractivity contribution < 1.29 is 0 Å². The zero-order valence-corrected chi connectivity index (χ0v) is 12.6. The number of benzene rings is 1. The summed E-state index contributed by atoms with van der Waals surface area (Å²) in [6.07, 6.45) is 6.88. The second kappa shape index (κ2) is 5.06. The van der Waals surface area contributed by atoms with Gasteiger partial charge in [-0.2, -0.15) is 0 Å². The number of nitrogens with one attached hydrogen (secondary N) is 1. The van der Waals surface area contributed by atoms with Crippen LogP contribution in [0.2, 0.25) is 0 Å². The van der Waals surface area contributed by atoms with Gasteiger partial charge in [-0.15, -0.1) is 0 Å². The van der Waals surface area contributed by atoms with Crippen LogP contribution in [0.15, 0.2) is 46.5 Å². The van der Waals surface area contributed by atoms with Crippen LogP contribution in [0.3, 0.4) is 0 Å². The summed E-state index contributed by atoms with van der Waals surface area (Å²) in [6.45, 7) is 2.16. The van der Waals surface area contributed by atoms with Crippen LogP contribution in [-0.4, -0.2) is 18.4 Å². The van der Waals surface area contributed by atoms with E-state index in [0.29, 0.717) is 6.04 Å². The monoisotopic (exact) mass is 272 g/mol. The zero-order valence-electron chi connectivity index (χ0n) is 11.7. The molecule has 19 heavy (non-hydrogen) atoms. The maximum absolute atomic E-state index is 3.49. The molecule has 0 saturated heterocycles. The first-order chi connectivity index (χ1) is 9.20. The van der Waals surface area contributed by atoms with E-state index < -0.39 is 0 Å². The van der Waals surface area contributed by atoms with Crippen molar-refractivity contribution in [2.75, 3.05) is 14.1 Å². The average molecular weight is 272 g/mol. The molecule has 0 aromatic heterocycles. The highest BCUT2D eigenvalue weighted by atomic mass is 32.2. The highest BCUT2D eigenvalue weighted by Crippen LogP contribution is 2.43. The van der Waals surface area contributed by atoms with Crippen LogP contribution < -0.4 is 5.32 Å². The Balaban J connectivity index is 2.16. The minimum absolute atomic E-state index is 0.305. The van der Waals surface area contributed by atoms with E-state index in [-0.39, 0.29) is 0 Å². The molecule has 0 radical (unpaired) electrons. The highest BCUT2D eigenvalue weighted by Gasteiger charge is 2.27. The molecule has 1 aromatic rings. The van der Waals surface area contributed by atoms with Crippen LogP contribution >= 0.6 is 11.9 Å². The third-order valence-corrected chi connectivity index (χ3v) is 4.92. The Morgan fingerprint density at radius 1 is 1.37 bits per heavy atom. The molecule has 0 fully saturated rings. The summed E-state index contributed by atoms with van der Waals surface area (Å²) in [6, 6.07) is 7.08. The van der Waals surface area contributed by atoms with Crippen molar-refractivity contribution in [2.24, 2.45) is 0 Å². The predicted octanol–water partition coefficient (Wildman–Crippen LogP) is 3.81. The number of aryl methyl sites for hydroxylation is 1. The van der Waals surface area contributed by atoms with E-state index >= 15 is 0 Å². The maximum atomic E-state index is 3.49. The molecule has 1 atom stereocenters. The van der Waals surface area contributed by atoms with Crippen molar-refractivity contribution in [3.05, 3.63) is 52.7 Å². The molecule has 0 spiro atoms. The van der Waals surface area contributed by atoms with Gasteiger partial charge in [-0.05, 0) is 61.5 Å². The molecule has 1 aromatic carbocycles. The van der Waals surface area contributed by atoms with E-state index in [1.54, 1.807) is 0 Å². The molecule has 0 saturated carbocycles. The van der Waals surface area contributed by atoms with Crippen LogP contribution in [-0.2, 0) is 0 Å². The number of likely N-dealkylation sites (N-methyl/N-ethyl adjacent to an activating group) is 1. The number of hydrogen-bond acceptors (Lipinski definition) is 3. The Kier molecular flexibility index (Phi) is 3.42. The van der Waals surface area contributed by atoms with Gasteiger partial charge in [-0.25, -0.2) is 0 Å². The van der Waals surface area contributed by atoms with E-state index in [9.17, 15) is 0 Å². The van der Waals surface area contributed by atoms with Crippen molar-refractivity contribution in [1.82, 2.24) is 9.62 Å². The van der Waals surface area contributed by atoms with E-state index in [0.717, 1.165) is 12.8 Å². The minimum Gasteiger partial charge on any atom is -0.319 e. The molecule has 100 valence electrons. The van der Waals surface area contributed by atoms with Gasteiger partial charge in [-0.1, -0.05) is 24.3 Å². The third-order valence-electron chi connectivity index (χ3n) is 3.87. The van der Waals surface area contributed by atoms with Crippen LogP contribution in [0, 0.1) is 6.92 Å². The zero-order chi connectivity index (χ0) is 13.4. The molecule has 0 amide bonds. The number of nitrogens with zero attached hydrogens (tertiary/aromatic N) is 1. The van der Waals surface area contributed by atoms with Crippen LogP contribution in [0.4, 0.5) is 0 Å². The quantitative estimate of drug-likeness (QED) is 0.783. The Hall–Kier alpha value is -1.19. The smallest absolute Gasteiger partial charge is 0.0603 e. The van der Waals surface area contributed by atoms with E-state index in [1.165, 1.54) is 27.3 Å². The summed E-state index contributed by atoms with van der Waals surface area (Å²) in [5, 5.41) is 3.49. The van der Waals surface area contributed by atoms with Crippen molar-refractivity contribution in [3.8, 4) is 0 Å². The topological polar surface area (TPSA) is 15.3 Å². The lowest BCUT2D eigenvalue weighted by Crippen LogP contribution is -2.21. The van der Waals surface area contributed by atoms with Gasteiger partial charge < -0.3 is 9.62 Å². The molecule has 0 bridgehead atoms. The second-order valence-electron chi connectivity index (χ2n) is 5.19. The summed E-state index contributed by atoms with van der Waals surface area (Å²) >= 11 is 1.85. The Morgan fingerprint density at radius 2 is 2.21 bits per heavy atom. The fourth-order valence-electron chi connectivity index (χ4n) is 2.91. The lowest BCUT2D eigenvalue weighted by atomic mass is 9.92. The number of allylic oxidation sites excluding steroid dienone is 2. The molecular formula is C16H20N2S. The number of hydrogen-bond donors (Lipinski definition) is 1. The van der Waals surface area contributed by atoms with Gasteiger partial charge in [0.2, 0.25) is 0 Å². The summed E-state index contributed by atoms with van der Waals surface area (Å²) in [5.41, 5.74) is 5.60. The van der Waals surface area contributed by atoms with Crippen molar-refractivity contribution >= 4 is 11.9 Å². The summed E-state index contributed by atoms with van der Waals surface area (Å²) in [4.78, 5) is 1.37. The van der Waals surface area contributed by atoms with Gasteiger partial charge in [0, 0.05) is 17.6 Å². The molecule has 2 aliphatic rings. The lowest BCUT2D eigenvalue weighted by Gasteiger charge is -2.25. The van der Waals surface area contributed by atoms with Crippen LogP contribution in [0.1, 0.15) is 30.0 Å². The fraction of sp³-hybridized carbons (Fsp3) is 0.375. The molecular weight excluding hydrogens is 252 g/mol. The molecule has 1 unspecified atom stereocenters. The largest absolute Gasteiger partial charge is 0.319 e. The normalized spacial score (nSPS) is 22.1. The van der Waals surface area contributed by atoms with Gasteiger partial charge in [0.25, 0.3) is 0 Å². The van der Waals surface area contributed by atoms with E-state index in [4.69, 9.17) is 0 Å². The summed E-state index contributed by atoms with van der Waals surface area (Å²) < 4.78 is 2.34. The standard InChI is InChI=1S/C16H20N2S/c1-11-8-9-13-15(10-11)19-18(3)14-7-5-4-6-12(14)16(13)17-2/h4,6,8-10,16-17H,5,7H2,1-3H3. The second-order valence-corrected chi connectivity index (χ2v) is 6.36. The van der Waals surface area contributed by atoms with Crippen molar-refractivity contribution in [3.63, 3.8) is 0 Å². The first kappa shape index (κ1) is 12.8. The summed E-state index contributed by atoms with van der Waals surface area (Å²) in [5.74, 6) is 0. The van der Waals surface area contributed by atoms with Crippen LogP contribution in [0.5, 0.6) is 0 Å². The molecule has 1 heterocycles. The van der Waals surface area contributed by atoms with Gasteiger partial charge in [0.15, 0.2) is 0 Å². The highest BCUT2D eigenvalue weighted by molar-refractivity contribution is 7.97. The molecule has 1 aliphatic carbocycles. The molecule has 1 aliphatic heterocycles. The molecule has 1 N–H and O–H groups in total. The Labute approximate surface area is 119 Å².